The number of Topliss-reactive ketones (excluding diaryl/α,β-unsaturated/α-hetero) is 1. The smallest absolute Gasteiger partial charge is 0.258 e. The van der Waals surface area contributed by atoms with Crippen molar-refractivity contribution >= 4 is 26.7 Å². The van der Waals surface area contributed by atoms with Gasteiger partial charge in [0, 0.05) is 18.7 Å². The minimum atomic E-state index is -3.70. The highest BCUT2D eigenvalue weighted by Crippen LogP contribution is 2.22. The number of hydrogen-bond donors (Lipinski definition) is 1. The van der Waals surface area contributed by atoms with Gasteiger partial charge in [0.25, 0.3) is 5.56 Å². The summed E-state index contributed by atoms with van der Waals surface area (Å²) in [5.74, 6) is -1.98. The summed E-state index contributed by atoms with van der Waals surface area (Å²) >= 11 is 0. The quantitative estimate of drug-likeness (QED) is 0.596. The molecule has 1 aliphatic heterocycles. The highest BCUT2D eigenvalue weighted by molar-refractivity contribution is 7.89. The fourth-order valence-corrected chi connectivity index (χ4v) is 4.79. The van der Waals surface area contributed by atoms with Crippen LogP contribution in [0.25, 0.3) is 10.9 Å². The van der Waals surface area contributed by atoms with Gasteiger partial charge in [-0.05, 0) is 24.3 Å². The zero-order valence-electron chi connectivity index (χ0n) is 16.3. The van der Waals surface area contributed by atoms with Crippen LogP contribution in [0, 0.1) is 11.3 Å². The largest absolute Gasteiger partial charge is 0.379 e. The van der Waals surface area contributed by atoms with Gasteiger partial charge in [0.15, 0.2) is 11.7 Å². The highest BCUT2D eigenvalue weighted by atomic mass is 32.2. The third-order valence-electron chi connectivity index (χ3n) is 5.04. The molecule has 1 saturated heterocycles. The summed E-state index contributed by atoms with van der Waals surface area (Å²) in [6, 6.07) is 13.9. The van der Waals surface area contributed by atoms with Crippen LogP contribution in [0.5, 0.6) is 0 Å². The second-order valence-corrected chi connectivity index (χ2v) is 8.87. The normalized spacial score (nSPS) is 16.0. The van der Waals surface area contributed by atoms with Crippen molar-refractivity contribution in [3.8, 4) is 6.07 Å². The van der Waals surface area contributed by atoms with Gasteiger partial charge in [-0.15, -0.1) is 0 Å². The van der Waals surface area contributed by atoms with E-state index in [2.05, 4.69) is 9.97 Å². The molecule has 0 bridgehead atoms. The third-order valence-corrected chi connectivity index (χ3v) is 6.96. The van der Waals surface area contributed by atoms with Crippen LogP contribution in [0.2, 0.25) is 0 Å². The van der Waals surface area contributed by atoms with Gasteiger partial charge >= 0.3 is 0 Å². The fourth-order valence-electron chi connectivity index (χ4n) is 3.38. The number of rotatable bonds is 5. The molecule has 0 saturated carbocycles. The Labute approximate surface area is 178 Å². The SMILES string of the molecule is N#C[C@H](C(=O)c1ccc(S(=O)(=O)N2CCOCC2)cc1)c1nc2ccccc2c(=O)[nH]1. The van der Waals surface area contributed by atoms with Gasteiger partial charge in [-0.1, -0.05) is 24.3 Å². The lowest BCUT2D eigenvalue weighted by Gasteiger charge is -2.26. The van der Waals surface area contributed by atoms with E-state index in [0.717, 1.165) is 0 Å². The molecule has 158 valence electrons. The predicted molar refractivity (Wildman–Crippen MR) is 111 cm³/mol. The first kappa shape index (κ1) is 20.9. The zero-order chi connectivity index (χ0) is 22.0. The average Bonchev–Trinajstić information content (AvgIpc) is 2.80. The summed E-state index contributed by atoms with van der Waals surface area (Å²) in [5.41, 5.74) is 0.0742. The van der Waals surface area contributed by atoms with Crippen LogP contribution < -0.4 is 5.56 Å². The minimum absolute atomic E-state index is 0.0525. The van der Waals surface area contributed by atoms with E-state index < -0.39 is 27.3 Å². The first-order valence-corrected chi connectivity index (χ1v) is 11.0. The van der Waals surface area contributed by atoms with Crippen molar-refractivity contribution in [2.75, 3.05) is 26.3 Å². The van der Waals surface area contributed by atoms with E-state index in [0.29, 0.717) is 24.1 Å². The number of para-hydroxylation sites is 1. The Hall–Kier alpha value is -3.39. The fraction of sp³-hybridized carbons (Fsp3) is 0.238. The number of morpholine rings is 1. The Balaban J connectivity index is 1.63. The maximum Gasteiger partial charge on any atom is 0.258 e. The van der Waals surface area contributed by atoms with Gasteiger partial charge in [-0.25, -0.2) is 13.4 Å². The number of nitriles is 1. The van der Waals surface area contributed by atoms with E-state index in [9.17, 15) is 23.3 Å². The van der Waals surface area contributed by atoms with Gasteiger partial charge in [-0.2, -0.15) is 9.57 Å². The molecule has 0 aliphatic carbocycles. The van der Waals surface area contributed by atoms with Crippen LogP contribution in [-0.2, 0) is 14.8 Å². The van der Waals surface area contributed by atoms with Crippen molar-refractivity contribution in [1.82, 2.24) is 14.3 Å². The lowest BCUT2D eigenvalue weighted by molar-refractivity contribution is 0.0730. The summed E-state index contributed by atoms with van der Waals surface area (Å²) < 4.78 is 32.0. The van der Waals surface area contributed by atoms with E-state index in [4.69, 9.17) is 4.74 Å². The number of H-pyrrole nitrogens is 1. The van der Waals surface area contributed by atoms with E-state index in [-0.39, 0.29) is 29.4 Å². The molecule has 2 aromatic carbocycles. The Morgan fingerprint density at radius 1 is 1.13 bits per heavy atom. The standard InChI is InChI=1S/C21H18N4O5S/c22-13-17(20-23-18-4-2-1-3-16(18)21(27)24-20)19(26)14-5-7-15(8-6-14)31(28,29)25-9-11-30-12-10-25/h1-8,17H,9-12H2,(H,23,24,27)/t17-/m1/s1. The van der Waals surface area contributed by atoms with Crippen molar-refractivity contribution in [3.05, 3.63) is 70.3 Å². The molecule has 0 amide bonds. The number of benzene rings is 2. The number of aromatic nitrogens is 2. The van der Waals surface area contributed by atoms with Gasteiger partial charge < -0.3 is 9.72 Å². The number of ether oxygens (including phenoxy) is 1. The van der Waals surface area contributed by atoms with Crippen LogP contribution in [0.15, 0.2) is 58.2 Å². The highest BCUT2D eigenvalue weighted by Gasteiger charge is 2.28. The molecule has 0 spiro atoms. The molecule has 1 atom stereocenters. The van der Waals surface area contributed by atoms with E-state index in [1.165, 1.54) is 28.6 Å². The Morgan fingerprint density at radius 2 is 1.81 bits per heavy atom. The Bertz CT molecular complexity index is 1340. The first-order chi connectivity index (χ1) is 14.9. The summed E-state index contributed by atoms with van der Waals surface area (Å²) in [6.07, 6.45) is 0. The molecule has 0 unspecified atom stereocenters. The van der Waals surface area contributed by atoms with Gasteiger partial charge in [0.05, 0.1) is 35.1 Å². The van der Waals surface area contributed by atoms with Crippen molar-refractivity contribution in [2.45, 2.75) is 10.8 Å². The average molecular weight is 438 g/mol. The van der Waals surface area contributed by atoms with Crippen molar-refractivity contribution < 1.29 is 17.9 Å². The summed E-state index contributed by atoms with van der Waals surface area (Å²) in [4.78, 5) is 32.0. The number of fused-ring (bicyclic) bond motifs is 1. The molecular formula is C21H18N4O5S. The van der Waals surface area contributed by atoms with Crippen LogP contribution in [-0.4, -0.2) is 54.8 Å². The van der Waals surface area contributed by atoms with E-state index in [1.54, 1.807) is 24.3 Å². The van der Waals surface area contributed by atoms with Crippen molar-refractivity contribution in [3.63, 3.8) is 0 Å². The number of carbonyl (C=O) groups excluding carboxylic acids is 1. The Morgan fingerprint density at radius 3 is 2.48 bits per heavy atom. The second-order valence-electron chi connectivity index (χ2n) is 6.94. The maximum absolute atomic E-state index is 12.9. The molecule has 3 aromatic rings. The molecule has 1 N–H and O–H groups in total. The lowest BCUT2D eigenvalue weighted by Crippen LogP contribution is -2.40. The molecule has 1 fully saturated rings. The molecular weight excluding hydrogens is 420 g/mol. The monoisotopic (exact) mass is 438 g/mol. The third kappa shape index (κ3) is 3.98. The molecule has 10 heteroatoms. The Kier molecular flexibility index (Phi) is 5.65. The molecule has 1 aliphatic rings. The molecule has 4 rings (SSSR count). The number of nitrogens with one attached hydrogen (secondary N) is 1. The number of aromatic amines is 1. The van der Waals surface area contributed by atoms with E-state index >= 15 is 0 Å². The number of hydrogen-bond acceptors (Lipinski definition) is 7. The lowest BCUT2D eigenvalue weighted by atomic mass is 9.98. The van der Waals surface area contributed by atoms with Gasteiger partial charge in [0.2, 0.25) is 10.0 Å². The van der Waals surface area contributed by atoms with Crippen molar-refractivity contribution in [2.24, 2.45) is 0 Å². The van der Waals surface area contributed by atoms with Gasteiger partial charge in [0.1, 0.15) is 5.82 Å². The molecule has 1 aromatic heterocycles. The predicted octanol–water partition coefficient (Wildman–Crippen LogP) is 1.43. The van der Waals surface area contributed by atoms with E-state index in [1.807, 2.05) is 6.07 Å². The zero-order valence-corrected chi connectivity index (χ0v) is 17.1. The van der Waals surface area contributed by atoms with Gasteiger partial charge in [-0.3, -0.25) is 9.59 Å². The summed E-state index contributed by atoms with van der Waals surface area (Å²) in [7, 11) is -3.70. The minimum Gasteiger partial charge on any atom is -0.379 e. The second kappa shape index (κ2) is 8.39. The maximum atomic E-state index is 12.9. The number of ketones is 1. The molecule has 31 heavy (non-hydrogen) atoms. The first-order valence-electron chi connectivity index (χ1n) is 9.52. The van der Waals surface area contributed by atoms with Crippen LogP contribution >= 0.6 is 0 Å². The molecule has 9 nitrogen and oxygen atoms in total. The summed E-state index contributed by atoms with van der Waals surface area (Å²) in [6.45, 7) is 1.19. The number of nitrogens with zero attached hydrogens (tertiary/aromatic N) is 3. The number of carbonyl (C=O) groups is 1. The van der Waals surface area contributed by atoms with Crippen LogP contribution in [0.1, 0.15) is 22.1 Å². The number of sulfonamides is 1. The molecule has 2 heterocycles. The van der Waals surface area contributed by atoms with Crippen LogP contribution in [0.4, 0.5) is 0 Å². The summed E-state index contributed by atoms with van der Waals surface area (Å²) in [5, 5.41) is 9.94. The van der Waals surface area contributed by atoms with Crippen LogP contribution in [0.3, 0.4) is 0 Å². The molecule has 0 radical (unpaired) electrons. The topological polar surface area (TPSA) is 133 Å². The van der Waals surface area contributed by atoms with Crippen molar-refractivity contribution in [1.29, 1.82) is 5.26 Å².